The average molecular weight is 560 g/mol. The number of ether oxygens (including phenoxy) is 1. The van der Waals surface area contributed by atoms with Gasteiger partial charge in [0.05, 0.1) is 27.2 Å². The number of hydrogen-bond donors (Lipinski definition) is 3. The molecule has 0 spiro atoms. The van der Waals surface area contributed by atoms with Crippen LogP contribution < -0.4 is 15.8 Å². The lowest BCUT2D eigenvalue weighted by Gasteiger charge is -2.17. The summed E-state index contributed by atoms with van der Waals surface area (Å²) in [7, 11) is 0. The molecule has 2 heterocycles. The number of pyridine rings is 1. The quantitative estimate of drug-likeness (QED) is 0.197. The van der Waals surface area contributed by atoms with E-state index in [9.17, 15) is 26.7 Å². The van der Waals surface area contributed by atoms with Crippen molar-refractivity contribution in [2.24, 2.45) is 0 Å². The molecule has 0 saturated heterocycles. The van der Waals surface area contributed by atoms with Crippen LogP contribution in [0.2, 0.25) is 5.02 Å². The predicted molar refractivity (Wildman–Crippen MR) is 135 cm³/mol. The number of anilines is 2. The number of rotatable bonds is 5. The van der Waals surface area contributed by atoms with Crippen LogP contribution in [0.15, 0.2) is 67.0 Å². The minimum absolute atomic E-state index is 0.0141. The van der Waals surface area contributed by atoms with Gasteiger partial charge >= 0.3 is 6.18 Å². The molecule has 39 heavy (non-hydrogen) atoms. The van der Waals surface area contributed by atoms with Crippen LogP contribution in [0.25, 0.3) is 22.0 Å². The van der Waals surface area contributed by atoms with Crippen LogP contribution in [0.3, 0.4) is 0 Å². The number of hydrogen-bond acceptors (Lipinski definition) is 5. The molecule has 0 saturated carbocycles. The number of aromatic amines is 1. The van der Waals surface area contributed by atoms with E-state index in [2.05, 4.69) is 20.5 Å². The van der Waals surface area contributed by atoms with Gasteiger partial charge in [0.2, 0.25) is 0 Å². The van der Waals surface area contributed by atoms with Gasteiger partial charge in [0.1, 0.15) is 17.4 Å². The molecule has 5 rings (SSSR count). The molecule has 3 aromatic carbocycles. The molecule has 0 unspecified atom stereocenters. The van der Waals surface area contributed by atoms with E-state index in [0.29, 0.717) is 28.8 Å². The van der Waals surface area contributed by atoms with Crippen molar-refractivity contribution in [1.29, 1.82) is 0 Å². The van der Waals surface area contributed by atoms with E-state index in [-0.39, 0.29) is 39.5 Å². The van der Waals surface area contributed by atoms with Crippen LogP contribution in [-0.4, -0.2) is 21.1 Å². The maximum atomic E-state index is 14.0. The van der Waals surface area contributed by atoms with E-state index in [1.165, 1.54) is 24.5 Å². The fourth-order valence-electron chi connectivity index (χ4n) is 3.89. The van der Waals surface area contributed by atoms with Crippen molar-refractivity contribution in [1.82, 2.24) is 15.2 Å². The molecule has 0 radical (unpaired) electrons. The Balaban J connectivity index is 1.70. The van der Waals surface area contributed by atoms with Crippen LogP contribution in [0.1, 0.15) is 15.9 Å². The Morgan fingerprint density at radius 3 is 2.56 bits per heavy atom. The second-order valence-corrected chi connectivity index (χ2v) is 8.67. The molecule has 13 heteroatoms. The van der Waals surface area contributed by atoms with Crippen LogP contribution >= 0.6 is 11.6 Å². The number of nitrogens with zero attached hydrogens (tertiary/aromatic N) is 2. The van der Waals surface area contributed by atoms with Gasteiger partial charge in [-0.3, -0.25) is 14.9 Å². The average Bonchev–Trinajstić information content (AvgIpc) is 3.28. The normalized spacial score (nSPS) is 11.5. The number of nitrogens with two attached hydrogens (primary N) is 1. The third-order valence-corrected chi connectivity index (χ3v) is 5.95. The first-order chi connectivity index (χ1) is 18.5. The summed E-state index contributed by atoms with van der Waals surface area (Å²) in [5, 5.41) is 9.41. The molecular formula is C26H15ClF5N5O2. The van der Waals surface area contributed by atoms with Crippen molar-refractivity contribution in [3.05, 3.63) is 94.8 Å². The minimum atomic E-state index is -4.89. The fraction of sp³-hybridized carbons (Fsp3) is 0.0385. The molecule has 0 aliphatic rings. The Morgan fingerprint density at radius 2 is 1.85 bits per heavy atom. The van der Waals surface area contributed by atoms with E-state index < -0.39 is 34.8 Å². The second kappa shape index (κ2) is 9.87. The number of alkyl halides is 3. The molecule has 4 N–H and O–H groups in total. The van der Waals surface area contributed by atoms with Crippen molar-refractivity contribution < 1.29 is 31.5 Å². The number of H-pyrrole nitrogens is 1. The van der Waals surface area contributed by atoms with Crippen LogP contribution in [-0.2, 0) is 6.18 Å². The van der Waals surface area contributed by atoms with E-state index in [4.69, 9.17) is 22.1 Å². The van der Waals surface area contributed by atoms with Crippen molar-refractivity contribution >= 4 is 39.9 Å². The molecule has 2 aromatic heterocycles. The van der Waals surface area contributed by atoms with Gasteiger partial charge in [-0.05, 0) is 42.5 Å². The standard InChI is InChI=1S/C26H15ClF5N5O2/c27-18-4-3-15(28)9-20(18)39-23-19(35-25(38)13-6-14(26(30,31)32)8-16(29)7-13)10-17(12-2-1-5-34-11-12)22-21(23)24(33)37-36-22/h1-11H,(H,35,38)(H3,33,36,37). The van der Waals surface area contributed by atoms with E-state index in [1.807, 2.05) is 0 Å². The summed E-state index contributed by atoms with van der Waals surface area (Å²) in [6, 6.07) is 9.57. The van der Waals surface area contributed by atoms with Crippen molar-refractivity contribution in [2.75, 3.05) is 11.1 Å². The third kappa shape index (κ3) is 5.18. The topological polar surface area (TPSA) is 106 Å². The first-order valence-corrected chi connectivity index (χ1v) is 11.4. The van der Waals surface area contributed by atoms with Gasteiger partial charge in [0.25, 0.3) is 5.91 Å². The highest BCUT2D eigenvalue weighted by Gasteiger charge is 2.32. The number of nitrogens with one attached hydrogen (secondary N) is 2. The van der Waals surface area contributed by atoms with E-state index >= 15 is 0 Å². The number of benzene rings is 3. The number of halogens is 6. The third-order valence-electron chi connectivity index (χ3n) is 5.64. The number of aromatic nitrogens is 3. The van der Waals surface area contributed by atoms with Crippen LogP contribution in [0.5, 0.6) is 11.5 Å². The van der Waals surface area contributed by atoms with Gasteiger partial charge < -0.3 is 15.8 Å². The molecule has 0 atom stereocenters. The summed E-state index contributed by atoms with van der Waals surface area (Å²) >= 11 is 6.18. The van der Waals surface area contributed by atoms with Gasteiger partial charge in [-0.1, -0.05) is 17.7 Å². The lowest BCUT2D eigenvalue weighted by Crippen LogP contribution is -2.15. The maximum Gasteiger partial charge on any atom is 0.416 e. The first-order valence-electron chi connectivity index (χ1n) is 11.0. The maximum absolute atomic E-state index is 14.0. The zero-order valence-electron chi connectivity index (χ0n) is 19.4. The summed E-state index contributed by atoms with van der Waals surface area (Å²) in [5.41, 5.74) is 5.40. The Hall–Kier alpha value is -4.71. The van der Waals surface area contributed by atoms with Gasteiger partial charge in [-0.25, -0.2) is 8.78 Å². The van der Waals surface area contributed by atoms with Gasteiger partial charge in [0, 0.05) is 35.2 Å². The van der Waals surface area contributed by atoms with E-state index in [1.54, 1.807) is 12.1 Å². The van der Waals surface area contributed by atoms with Gasteiger partial charge in [-0.2, -0.15) is 18.3 Å². The predicted octanol–water partition coefficient (Wildman–Crippen LogP) is 7.20. The number of carbonyl (C=O) groups is 1. The van der Waals surface area contributed by atoms with Gasteiger partial charge in [0.15, 0.2) is 11.6 Å². The number of fused-ring (bicyclic) bond motifs is 1. The van der Waals surface area contributed by atoms with Crippen LogP contribution in [0.4, 0.5) is 33.5 Å². The molecule has 0 fully saturated rings. The second-order valence-electron chi connectivity index (χ2n) is 8.26. The monoisotopic (exact) mass is 559 g/mol. The zero-order valence-corrected chi connectivity index (χ0v) is 20.2. The molecule has 0 aliphatic carbocycles. The Bertz CT molecular complexity index is 1720. The molecular weight excluding hydrogens is 545 g/mol. The van der Waals surface area contributed by atoms with Crippen molar-refractivity contribution in [3.63, 3.8) is 0 Å². The minimum Gasteiger partial charge on any atom is -0.453 e. The fourth-order valence-corrected chi connectivity index (χ4v) is 4.05. The molecule has 7 nitrogen and oxygen atoms in total. The summed E-state index contributed by atoms with van der Waals surface area (Å²) < 4.78 is 73.7. The smallest absolute Gasteiger partial charge is 0.416 e. The molecule has 1 amide bonds. The number of amides is 1. The summed E-state index contributed by atoms with van der Waals surface area (Å²) in [6.45, 7) is 0. The highest BCUT2D eigenvalue weighted by atomic mass is 35.5. The molecule has 0 aliphatic heterocycles. The van der Waals surface area contributed by atoms with Crippen molar-refractivity contribution in [3.8, 4) is 22.6 Å². The van der Waals surface area contributed by atoms with Crippen molar-refractivity contribution in [2.45, 2.75) is 6.18 Å². The SMILES string of the molecule is Nc1n[nH]c2c(-c3cccnc3)cc(NC(=O)c3cc(F)cc(C(F)(F)F)c3)c(Oc3cc(F)ccc3Cl)c12. The highest BCUT2D eigenvalue weighted by molar-refractivity contribution is 6.32. The lowest BCUT2D eigenvalue weighted by molar-refractivity contribution is -0.137. The number of carbonyl (C=O) groups excluding carboxylic acids is 1. The number of nitrogen functional groups attached to an aromatic ring is 1. The Kier molecular flexibility index (Phi) is 6.56. The van der Waals surface area contributed by atoms with Gasteiger partial charge in [-0.15, -0.1) is 0 Å². The largest absolute Gasteiger partial charge is 0.453 e. The molecule has 198 valence electrons. The summed E-state index contributed by atoms with van der Waals surface area (Å²) in [4.78, 5) is 17.2. The van der Waals surface area contributed by atoms with E-state index in [0.717, 1.165) is 12.1 Å². The highest BCUT2D eigenvalue weighted by Crippen LogP contribution is 2.45. The Morgan fingerprint density at radius 1 is 1.05 bits per heavy atom. The summed E-state index contributed by atoms with van der Waals surface area (Å²) in [6.07, 6.45) is -1.84. The van der Waals surface area contributed by atoms with Crippen LogP contribution in [0, 0.1) is 11.6 Å². The first kappa shape index (κ1) is 25.9. The Labute approximate surface area is 221 Å². The molecule has 0 bridgehead atoms. The summed E-state index contributed by atoms with van der Waals surface area (Å²) in [5.74, 6) is -3.38. The zero-order chi connectivity index (χ0) is 27.9. The lowest BCUT2D eigenvalue weighted by atomic mass is 10.0. The molecule has 5 aromatic rings.